The minimum absolute atomic E-state index is 0.139. The van der Waals surface area contributed by atoms with Gasteiger partial charge in [-0.2, -0.15) is 26.3 Å². The fourth-order valence-corrected chi connectivity index (χ4v) is 5.79. The van der Waals surface area contributed by atoms with Gasteiger partial charge < -0.3 is 14.5 Å². The maximum absolute atomic E-state index is 13.7. The molecule has 1 atom stereocenters. The van der Waals surface area contributed by atoms with Crippen molar-refractivity contribution < 1.29 is 31.1 Å². The van der Waals surface area contributed by atoms with Gasteiger partial charge in [-0.15, -0.1) is 0 Å². The Balaban J connectivity index is 1.81. The molecule has 1 aliphatic heterocycles. The summed E-state index contributed by atoms with van der Waals surface area (Å²) in [6.07, 6.45) is -0.670. The Hall–Kier alpha value is -3.24. The molecule has 0 spiro atoms. The monoisotopic (exact) mass is 610 g/mol. The minimum atomic E-state index is -4.94. The molecule has 236 valence electrons. The Morgan fingerprint density at radius 2 is 1.58 bits per heavy atom. The van der Waals surface area contributed by atoms with E-state index in [1.165, 1.54) is 12.8 Å². The van der Waals surface area contributed by atoms with E-state index in [0.29, 0.717) is 19.0 Å². The number of hydrogen-bond donors (Lipinski definition) is 0. The molecule has 0 N–H and O–H groups in total. The highest BCUT2D eigenvalue weighted by molar-refractivity contribution is 5.75. The average Bonchev–Trinajstić information content (AvgIpc) is 3.62. The number of aliphatic imine (C=N–C) groups is 1. The second-order valence-electron chi connectivity index (χ2n) is 11.4. The Kier molecular flexibility index (Phi) is 10.3. The van der Waals surface area contributed by atoms with Crippen LogP contribution in [0.5, 0.6) is 0 Å². The molecule has 1 aromatic heterocycles. The molecule has 1 aliphatic carbocycles. The van der Waals surface area contributed by atoms with E-state index < -0.39 is 23.5 Å². The molecule has 4 rings (SSSR count). The Bertz CT molecular complexity index is 1380. The first kappa shape index (κ1) is 32.7. The number of hydrogen-bond acceptors (Lipinski definition) is 5. The highest BCUT2D eigenvalue weighted by Gasteiger charge is 2.37. The van der Waals surface area contributed by atoms with Gasteiger partial charge in [-0.1, -0.05) is 31.9 Å². The number of benzene rings is 1. The van der Waals surface area contributed by atoms with E-state index in [1.807, 2.05) is 32.9 Å². The zero-order valence-corrected chi connectivity index (χ0v) is 25.2. The normalized spacial score (nSPS) is 18.7. The number of halogens is 6. The van der Waals surface area contributed by atoms with Crippen LogP contribution in [-0.2, 0) is 30.2 Å². The molecular weight excluding hydrogens is 570 g/mol. The lowest BCUT2D eigenvalue weighted by Crippen LogP contribution is -2.38. The smallest absolute Gasteiger partial charge is 0.416 e. The van der Waals surface area contributed by atoms with Crippen LogP contribution in [-0.4, -0.2) is 41.6 Å². The van der Waals surface area contributed by atoms with Gasteiger partial charge in [0.1, 0.15) is 11.9 Å². The van der Waals surface area contributed by atoms with E-state index in [2.05, 4.69) is 22.9 Å². The van der Waals surface area contributed by atoms with Crippen LogP contribution in [0.1, 0.15) is 82.1 Å². The lowest BCUT2D eigenvalue weighted by molar-refractivity contribution is -0.143. The third-order valence-corrected chi connectivity index (χ3v) is 7.92. The van der Waals surface area contributed by atoms with Crippen LogP contribution < -0.4 is 15.5 Å². The van der Waals surface area contributed by atoms with Gasteiger partial charge in [0.05, 0.1) is 29.6 Å². The van der Waals surface area contributed by atoms with E-state index in [0.717, 1.165) is 59.9 Å². The number of rotatable bonds is 9. The third kappa shape index (κ3) is 8.23. The van der Waals surface area contributed by atoms with Crippen molar-refractivity contribution in [3.05, 3.63) is 57.1 Å². The maximum atomic E-state index is 13.7. The van der Waals surface area contributed by atoms with Gasteiger partial charge in [-0.05, 0) is 81.0 Å². The van der Waals surface area contributed by atoms with Crippen LogP contribution in [0, 0.1) is 5.92 Å². The molecule has 0 radical (unpaired) electrons. The summed E-state index contributed by atoms with van der Waals surface area (Å²) in [6, 6.07) is 3.89. The molecule has 1 fully saturated rings. The Morgan fingerprint density at radius 3 is 2.09 bits per heavy atom. The first-order valence-corrected chi connectivity index (χ1v) is 15.0. The molecule has 1 aromatic carbocycles. The number of amidine groups is 1. The molecule has 43 heavy (non-hydrogen) atoms. The molecule has 1 saturated carbocycles. The van der Waals surface area contributed by atoms with Crippen molar-refractivity contribution in [1.82, 2.24) is 9.88 Å². The van der Waals surface area contributed by atoms with Crippen LogP contribution in [0.2, 0.25) is 0 Å². The lowest BCUT2D eigenvalue weighted by atomic mass is 10.0. The number of anilines is 1. The maximum Gasteiger partial charge on any atom is 0.416 e. The molecule has 0 bridgehead atoms. The number of aromatic nitrogens is 1. The molecule has 2 aliphatic rings. The molecule has 2 aromatic rings. The third-order valence-electron chi connectivity index (χ3n) is 7.92. The first-order valence-electron chi connectivity index (χ1n) is 15.0. The van der Waals surface area contributed by atoms with E-state index >= 15 is 0 Å². The topological polar surface area (TPSA) is 41.0 Å². The lowest BCUT2D eigenvalue weighted by Gasteiger charge is -2.30. The standard InChI is InChI=1S/C32H40F6N4O/c1-5-10-28-24(6-2)15-25(29(40-28)41(7-3)18-22-11-8-9-12-22)20-42(30-39-17-21(4)43-30)19-23-13-26(31(33,34)35)16-27(14-23)32(36,37)38/h6,10,13-16,21-22H,5,7-9,11-12,17-20H2,1-4H3. The van der Waals surface area contributed by atoms with Crippen molar-refractivity contribution in [2.24, 2.45) is 10.9 Å². The fraction of sp³-hybridized carbons (Fsp3) is 0.562. The van der Waals surface area contributed by atoms with Gasteiger partial charge in [0.25, 0.3) is 6.02 Å². The van der Waals surface area contributed by atoms with E-state index in [1.54, 1.807) is 4.90 Å². The van der Waals surface area contributed by atoms with Crippen LogP contribution in [0.25, 0.3) is 12.2 Å². The summed E-state index contributed by atoms with van der Waals surface area (Å²) >= 11 is 0. The summed E-state index contributed by atoms with van der Waals surface area (Å²) in [5.41, 5.74) is -2.04. The predicted molar refractivity (Wildman–Crippen MR) is 157 cm³/mol. The minimum Gasteiger partial charge on any atom is -0.460 e. The van der Waals surface area contributed by atoms with Gasteiger partial charge in [0.2, 0.25) is 0 Å². The van der Waals surface area contributed by atoms with Gasteiger partial charge >= 0.3 is 12.4 Å². The van der Waals surface area contributed by atoms with Crippen molar-refractivity contribution in [1.29, 1.82) is 0 Å². The van der Waals surface area contributed by atoms with E-state index in [4.69, 9.17) is 9.72 Å². The van der Waals surface area contributed by atoms with Crippen molar-refractivity contribution >= 4 is 24.0 Å². The largest absolute Gasteiger partial charge is 0.460 e. The van der Waals surface area contributed by atoms with Crippen molar-refractivity contribution in [3.8, 4) is 0 Å². The van der Waals surface area contributed by atoms with Crippen LogP contribution in [0.4, 0.5) is 32.2 Å². The molecule has 0 amide bonds. The second kappa shape index (κ2) is 13.6. The number of pyridine rings is 1. The van der Waals surface area contributed by atoms with Crippen molar-refractivity contribution in [2.75, 3.05) is 24.5 Å². The van der Waals surface area contributed by atoms with Crippen LogP contribution in [0.15, 0.2) is 29.3 Å². The van der Waals surface area contributed by atoms with Gasteiger partial charge in [0.15, 0.2) is 0 Å². The quantitative estimate of drug-likeness (QED) is 0.290. The summed E-state index contributed by atoms with van der Waals surface area (Å²) in [4.78, 5) is 13.4. The molecule has 2 heterocycles. The average molecular weight is 611 g/mol. The highest BCUT2D eigenvalue weighted by atomic mass is 19.4. The highest BCUT2D eigenvalue weighted by Crippen LogP contribution is 2.37. The number of alkyl halides is 6. The van der Waals surface area contributed by atoms with Crippen molar-refractivity contribution in [2.45, 2.75) is 91.3 Å². The first-order chi connectivity index (χ1) is 20.3. The number of ether oxygens (including phenoxy) is 1. The zero-order chi connectivity index (χ0) is 31.4. The number of nitrogens with zero attached hydrogens (tertiary/aromatic N) is 4. The molecule has 0 saturated heterocycles. The van der Waals surface area contributed by atoms with Crippen LogP contribution in [0.3, 0.4) is 0 Å². The fourth-order valence-electron chi connectivity index (χ4n) is 5.79. The summed E-state index contributed by atoms with van der Waals surface area (Å²) in [6.45, 7) is 9.57. The van der Waals surface area contributed by atoms with Crippen molar-refractivity contribution in [3.63, 3.8) is 0 Å². The van der Waals surface area contributed by atoms with Crippen LogP contribution >= 0.6 is 0 Å². The molecule has 11 heteroatoms. The van der Waals surface area contributed by atoms with E-state index in [-0.39, 0.29) is 36.8 Å². The summed E-state index contributed by atoms with van der Waals surface area (Å²) < 4.78 is 87.8. The Labute approximate surface area is 249 Å². The Morgan fingerprint density at radius 1 is 0.930 bits per heavy atom. The molecular formula is C32H40F6N4O. The van der Waals surface area contributed by atoms with Gasteiger partial charge in [-0.25, -0.2) is 9.98 Å². The van der Waals surface area contributed by atoms with E-state index in [9.17, 15) is 26.3 Å². The molecule has 5 nitrogen and oxygen atoms in total. The SMILES string of the molecule is CC=c1cc(CN(Cc2cc(C(F)(F)F)cc(C(F)(F)F)c2)C2=NCC(C)O2)c(N(CC)CC2CCCC2)nc1=CCC. The summed E-state index contributed by atoms with van der Waals surface area (Å²) in [5, 5.41) is 1.74. The zero-order valence-electron chi connectivity index (χ0n) is 25.2. The molecule has 1 unspecified atom stereocenters. The second-order valence-corrected chi connectivity index (χ2v) is 11.4. The summed E-state index contributed by atoms with van der Waals surface area (Å²) in [5.74, 6) is 1.30. The van der Waals surface area contributed by atoms with Gasteiger partial charge in [-0.3, -0.25) is 0 Å². The summed E-state index contributed by atoms with van der Waals surface area (Å²) in [7, 11) is 0. The predicted octanol–water partition coefficient (Wildman–Crippen LogP) is 6.90. The van der Waals surface area contributed by atoms with Gasteiger partial charge in [0, 0.05) is 25.2 Å².